The van der Waals surface area contributed by atoms with E-state index >= 15 is 0 Å². The molecule has 22 heavy (non-hydrogen) atoms. The summed E-state index contributed by atoms with van der Waals surface area (Å²) in [5.74, 6) is 0. The highest BCUT2D eigenvalue weighted by Crippen LogP contribution is 2.34. The molecule has 1 aromatic carbocycles. The Morgan fingerprint density at radius 1 is 1.36 bits per heavy atom. The molecule has 1 saturated heterocycles. The predicted octanol–water partition coefficient (Wildman–Crippen LogP) is 2.16. The molecule has 1 aliphatic heterocycles. The Hall–Kier alpha value is -0.940. The molecule has 122 valence electrons. The number of fused-ring (bicyclic) bond motifs is 1. The van der Waals surface area contributed by atoms with Crippen molar-refractivity contribution >= 4 is 0 Å². The summed E-state index contributed by atoms with van der Waals surface area (Å²) in [5.41, 5.74) is 2.86. The van der Waals surface area contributed by atoms with E-state index < -0.39 is 6.10 Å². The van der Waals surface area contributed by atoms with Crippen LogP contribution in [0.1, 0.15) is 36.4 Å². The molecule has 1 aromatic rings. The third-order valence-corrected chi connectivity index (χ3v) is 4.77. The third kappa shape index (κ3) is 3.87. The molecular formula is C18H27NO3. The topological polar surface area (TPSA) is 41.9 Å². The summed E-state index contributed by atoms with van der Waals surface area (Å²) in [6, 6.07) is 9.05. The second-order valence-electron chi connectivity index (χ2n) is 6.52. The average Bonchev–Trinajstić information content (AvgIpc) is 3.16. The van der Waals surface area contributed by atoms with Crippen LogP contribution in [-0.2, 0) is 15.9 Å². The average molecular weight is 305 g/mol. The van der Waals surface area contributed by atoms with Crippen molar-refractivity contribution in [1.82, 2.24) is 4.90 Å². The van der Waals surface area contributed by atoms with Crippen molar-refractivity contribution in [2.75, 3.05) is 33.4 Å². The normalized spacial score (nSPS) is 25.6. The Balaban J connectivity index is 1.42. The van der Waals surface area contributed by atoms with Crippen molar-refractivity contribution in [2.45, 2.75) is 43.9 Å². The van der Waals surface area contributed by atoms with E-state index in [1.807, 2.05) is 0 Å². The van der Waals surface area contributed by atoms with Gasteiger partial charge in [-0.2, -0.15) is 0 Å². The van der Waals surface area contributed by atoms with E-state index in [9.17, 15) is 5.11 Å². The van der Waals surface area contributed by atoms with Gasteiger partial charge in [-0.3, -0.25) is 4.90 Å². The maximum absolute atomic E-state index is 10.2. The summed E-state index contributed by atoms with van der Waals surface area (Å²) in [4.78, 5) is 2.26. The smallest absolute Gasteiger partial charge is 0.0900 e. The minimum Gasteiger partial charge on any atom is -0.389 e. The SMILES string of the molecule is CN(CC(O)COCC1CCCO1)C1CCc2ccccc21. The molecule has 0 amide bonds. The van der Waals surface area contributed by atoms with Crippen molar-refractivity contribution in [3.63, 3.8) is 0 Å². The molecule has 1 N–H and O–H groups in total. The minimum absolute atomic E-state index is 0.228. The maximum atomic E-state index is 10.2. The largest absolute Gasteiger partial charge is 0.389 e. The number of aryl methyl sites for hydroxylation is 1. The van der Waals surface area contributed by atoms with Gasteiger partial charge in [0.2, 0.25) is 0 Å². The lowest BCUT2D eigenvalue weighted by atomic mass is 10.1. The summed E-state index contributed by atoms with van der Waals surface area (Å²) < 4.78 is 11.1. The van der Waals surface area contributed by atoms with Gasteiger partial charge in [0.05, 0.1) is 25.4 Å². The van der Waals surface area contributed by atoms with Crippen LogP contribution in [0.5, 0.6) is 0 Å². The van der Waals surface area contributed by atoms with Crippen LogP contribution in [-0.4, -0.2) is 55.6 Å². The predicted molar refractivity (Wildman–Crippen MR) is 85.9 cm³/mol. The highest BCUT2D eigenvalue weighted by atomic mass is 16.5. The number of benzene rings is 1. The molecule has 0 saturated carbocycles. The molecule has 3 atom stereocenters. The number of nitrogens with zero attached hydrogens (tertiary/aromatic N) is 1. The van der Waals surface area contributed by atoms with Gasteiger partial charge >= 0.3 is 0 Å². The van der Waals surface area contributed by atoms with Crippen LogP contribution in [0.3, 0.4) is 0 Å². The molecule has 0 bridgehead atoms. The lowest BCUT2D eigenvalue weighted by Crippen LogP contribution is -2.34. The Kier molecular flexibility index (Phi) is 5.47. The Morgan fingerprint density at radius 2 is 2.23 bits per heavy atom. The number of hydrogen-bond donors (Lipinski definition) is 1. The maximum Gasteiger partial charge on any atom is 0.0900 e. The Morgan fingerprint density at radius 3 is 3.05 bits per heavy atom. The van der Waals surface area contributed by atoms with Crippen LogP contribution >= 0.6 is 0 Å². The first kappa shape index (κ1) is 15.9. The van der Waals surface area contributed by atoms with Crippen molar-refractivity contribution in [2.24, 2.45) is 0 Å². The van der Waals surface area contributed by atoms with Gasteiger partial charge in [0, 0.05) is 19.2 Å². The van der Waals surface area contributed by atoms with Gasteiger partial charge in [-0.1, -0.05) is 24.3 Å². The standard InChI is InChI=1S/C18H27NO3/c1-19(18-9-8-14-5-2-3-7-17(14)18)11-15(20)12-21-13-16-6-4-10-22-16/h2-3,5,7,15-16,18,20H,4,6,8-13H2,1H3. The van der Waals surface area contributed by atoms with Crippen LogP contribution in [0, 0.1) is 0 Å². The lowest BCUT2D eigenvalue weighted by Gasteiger charge is -2.27. The van der Waals surface area contributed by atoms with E-state index in [1.54, 1.807) is 0 Å². The van der Waals surface area contributed by atoms with Crippen LogP contribution in [0.2, 0.25) is 0 Å². The molecule has 1 heterocycles. The minimum atomic E-state index is -0.445. The molecule has 1 fully saturated rings. The van der Waals surface area contributed by atoms with E-state index in [0.29, 0.717) is 25.8 Å². The fourth-order valence-electron chi connectivity index (χ4n) is 3.62. The first-order valence-electron chi connectivity index (χ1n) is 8.39. The summed E-state index contributed by atoms with van der Waals surface area (Å²) in [6.45, 7) is 2.48. The van der Waals surface area contributed by atoms with Crippen molar-refractivity contribution in [3.8, 4) is 0 Å². The first-order valence-corrected chi connectivity index (χ1v) is 8.39. The number of likely N-dealkylation sites (N-methyl/N-ethyl adjacent to an activating group) is 1. The monoisotopic (exact) mass is 305 g/mol. The number of hydrogen-bond acceptors (Lipinski definition) is 4. The summed E-state index contributed by atoms with van der Waals surface area (Å²) in [7, 11) is 2.09. The zero-order valence-electron chi connectivity index (χ0n) is 13.4. The summed E-state index contributed by atoms with van der Waals surface area (Å²) in [5, 5.41) is 10.2. The zero-order chi connectivity index (χ0) is 15.4. The van der Waals surface area contributed by atoms with Crippen LogP contribution < -0.4 is 0 Å². The van der Waals surface area contributed by atoms with Gasteiger partial charge in [0.15, 0.2) is 0 Å². The molecular weight excluding hydrogens is 278 g/mol. The van der Waals surface area contributed by atoms with Gasteiger partial charge in [0.1, 0.15) is 0 Å². The summed E-state index contributed by atoms with van der Waals surface area (Å²) >= 11 is 0. The van der Waals surface area contributed by atoms with Gasteiger partial charge in [-0.15, -0.1) is 0 Å². The van der Waals surface area contributed by atoms with E-state index in [4.69, 9.17) is 9.47 Å². The van der Waals surface area contributed by atoms with Gasteiger partial charge < -0.3 is 14.6 Å². The lowest BCUT2D eigenvalue weighted by molar-refractivity contribution is -0.0262. The zero-order valence-corrected chi connectivity index (χ0v) is 13.4. The van der Waals surface area contributed by atoms with E-state index in [-0.39, 0.29) is 6.10 Å². The van der Waals surface area contributed by atoms with Crippen molar-refractivity contribution < 1.29 is 14.6 Å². The fourth-order valence-corrected chi connectivity index (χ4v) is 3.62. The number of ether oxygens (including phenoxy) is 2. The molecule has 0 radical (unpaired) electrons. The molecule has 0 spiro atoms. The van der Waals surface area contributed by atoms with Gasteiger partial charge in [-0.05, 0) is 43.9 Å². The molecule has 0 aromatic heterocycles. The second-order valence-corrected chi connectivity index (χ2v) is 6.52. The van der Waals surface area contributed by atoms with Crippen molar-refractivity contribution in [1.29, 1.82) is 0 Å². The van der Waals surface area contributed by atoms with Crippen LogP contribution in [0.15, 0.2) is 24.3 Å². The highest BCUT2D eigenvalue weighted by molar-refractivity contribution is 5.34. The number of aliphatic hydroxyl groups is 1. The van der Waals surface area contributed by atoms with Gasteiger partial charge in [-0.25, -0.2) is 0 Å². The quantitative estimate of drug-likeness (QED) is 0.838. The molecule has 4 heteroatoms. The first-order chi connectivity index (χ1) is 10.7. The fraction of sp³-hybridized carbons (Fsp3) is 0.667. The molecule has 3 unspecified atom stereocenters. The summed E-state index contributed by atoms with van der Waals surface area (Å²) in [6.07, 6.45) is 4.26. The second kappa shape index (κ2) is 7.55. The third-order valence-electron chi connectivity index (χ3n) is 4.77. The van der Waals surface area contributed by atoms with E-state index in [1.165, 1.54) is 11.1 Å². The Labute approximate surface area is 133 Å². The van der Waals surface area contributed by atoms with E-state index in [2.05, 4.69) is 36.2 Å². The van der Waals surface area contributed by atoms with Crippen molar-refractivity contribution in [3.05, 3.63) is 35.4 Å². The molecule has 4 nitrogen and oxygen atoms in total. The van der Waals surface area contributed by atoms with Crippen LogP contribution in [0.25, 0.3) is 0 Å². The molecule has 1 aliphatic carbocycles. The van der Waals surface area contributed by atoms with E-state index in [0.717, 1.165) is 32.3 Å². The Bertz CT molecular complexity index is 473. The molecule has 3 rings (SSSR count). The molecule has 2 aliphatic rings. The van der Waals surface area contributed by atoms with Gasteiger partial charge in [0.25, 0.3) is 0 Å². The highest BCUT2D eigenvalue weighted by Gasteiger charge is 2.26. The number of rotatable bonds is 7. The number of aliphatic hydroxyl groups excluding tert-OH is 1. The van der Waals surface area contributed by atoms with Crippen LogP contribution in [0.4, 0.5) is 0 Å².